The molecular formula is C18H24N2O2. The van der Waals surface area contributed by atoms with Crippen molar-refractivity contribution >= 4 is 16.9 Å². The summed E-state index contributed by atoms with van der Waals surface area (Å²) >= 11 is 0. The molecule has 2 heterocycles. The zero-order valence-electron chi connectivity index (χ0n) is 13.6. The quantitative estimate of drug-likeness (QED) is 0.944. The summed E-state index contributed by atoms with van der Waals surface area (Å²) in [6, 6.07) is 4.18. The molecule has 1 aliphatic heterocycles. The molecule has 1 saturated heterocycles. The van der Waals surface area contributed by atoms with Crippen LogP contribution in [-0.2, 0) is 11.2 Å². The second-order valence-corrected chi connectivity index (χ2v) is 6.42. The van der Waals surface area contributed by atoms with Gasteiger partial charge in [0.2, 0.25) is 5.91 Å². The minimum atomic E-state index is 0.208. The summed E-state index contributed by atoms with van der Waals surface area (Å²) in [5, 5.41) is 4.27. The van der Waals surface area contributed by atoms with Gasteiger partial charge >= 0.3 is 0 Å². The molecule has 1 atom stereocenters. The molecule has 1 aromatic heterocycles. The Morgan fingerprint density at radius 1 is 1.36 bits per heavy atom. The van der Waals surface area contributed by atoms with E-state index in [-0.39, 0.29) is 5.91 Å². The Balaban J connectivity index is 1.73. The number of hydrogen-bond acceptors (Lipinski definition) is 3. The van der Waals surface area contributed by atoms with E-state index in [1.165, 1.54) is 11.1 Å². The molecule has 1 fully saturated rings. The fraction of sp³-hybridized carbons (Fsp3) is 0.500. The third-order valence-electron chi connectivity index (χ3n) is 4.74. The van der Waals surface area contributed by atoms with Crippen LogP contribution in [0, 0.1) is 19.8 Å². The highest BCUT2D eigenvalue weighted by atomic mass is 16.3. The van der Waals surface area contributed by atoms with Gasteiger partial charge < -0.3 is 14.6 Å². The van der Waals surface area contributed by atoms with Crippen LogP contribution < -0.4 is 5.32 Å². The Labute approximate surface area is 131 Å². The predicted octanol–water partition coefficient (Wildman–Crippen LogP) is 2.66. The number of nitrogens with one attached hydrogen (secondary N) is 1. The van der Waals surface area contributed by atoms with Crippen molar-refractivity contribution in [2.75, 3.05) is 26.7 Å². The van der Waals surface area contributed by atoms with Crippen LogP contribution in [0.1, 0.15) is 23.1 Å². The second kappa shape index (κ2) is 6.13. The second-order valence-electron chi connectivity index (χ2n) is 6.42. The van der Waals surface area contributed by atoms with Gasteiger partial charge in [-0.2, -0.15) is 0 Å². The Hall–Kier alpha value is -1.81. The van der Waals surface area contributed by atoms with E-state index in [0.717, 1.165) is 42.6 Å². The molecule has 4 heteroatoms. The van der Waals surface area contributed by atoms with Crippen molar-refractivity contribution in [3.8, 4) is 0 Å². The average Bonchev–Trinajstić information content (AvgIpc) is 3.09. The first-order valence-corrected chi connectivity index (χ1v) is 7.98. The fourth-order valence-corrected chi connectivity index (χ4v) is 3.26. The van der Waals surface area contributed by atoms with Crippen LogP contribution in [0.3, 0.4) is 0 Å². The number of rotatable bonds is 4. The van der Waals surface area contributed by atoms with Crippen LogP contribution in [-0.4, -0.2) is 37.5 Å². The maximum Gasteiger partial charge on any atom is 0.227 e. The summed E-state index contributed by atoms with van der Waals surface area (Å²) < 4.78 is 5.63. The number of benzene rings is 1. The molecule has 0 aliphatic carbocycles. The number of hydrogen-bond donors (Lipinski definition) is 1. The Morgan fingerprint density at radius 3 is 2.91 bits per heavy atom. The lowest BCUT2D eigenvalue weighted by atomic mass is 10.0. The minimum absolute atomic E-state index is 0.208. The van der Waals surface area contributed by atoms with Crippen molar-refractivity contribution in [1.29, 1.82) is 0 Å². The van der Waals surface area contributed by atoms with Gasteiger partial charge in [-0.05, 0) is 63.0 Å². The molecule has 0 saturated carbocycles. The largest absolute Gasteiger partial charge is 0.464 e. The van der Waals surface area contributed by atoms with Gasteiger partial charge in [0, 0.05) is 24.0 Å². The number of nitrogens with zero attached hydrogens (tertiary/aromatic N) is 1. The van der Waals surface area contributed by atoms with E-state index in [9.17, 15) is 4.79 Å². The molecule has 118 valence electrons. The molecule has 22 heavy (non-hydrogen) atoms. The zero-order valence-corrected chi connectivity index (χ0v) is 13.6. The molecule has 1 aliphatic rings. The third-order valence-corrected chi connectivity index (χ3v) is 4.74. The van der Waals surface area contributed by atoms with Crippen LogP contribution in [0.5, 0.6) is 0 Å². The topological polar surface area (TPSA) is 45.5 Å². The highest BCUT2D eigenvalue weighted by Gasteiger charge is 2.26. The number of carbonyl (C=O) groups excluding carboxylic acids is 1. The van der Waals surface area contributed by atoms with Gasteiger partial charge in [-0.1, -0.05) is 0 Å². The minimum Gasteiger partial charge on any atom is -0.464 e. The number of furan rings is 1. The van der Waals surface area contributed by atoms with Gasteiger partial charge in [-0.25, -0.2) is 0 Å². The summed E-state index contributed by atoms with van der Waals surface area (Å²) in [6.07, 6.45) is 3.27. The van der Waals surface area contributed by atoms with Crippen molar-refractivity contribution in [3.05, 3.63) is 35.1 Å². The van der Waals surface area contributed by atoms with E-state index in [4.69, 9.17) is 4.42 Å². The predicted molar refractivity (Wildman–Crippen MR) is 88.0 cm³/mol. The maximum atomic E-state index is 12.5. The van der Waals surface area contributed by atoms with E-state index >= 15 is 0 Å². The van der Waals surface area contributed by atoms with Gasteiger partial charge in [0.05, 0.1) is 12.7 Å². The molecule has 1 amide bonds. The van der Waals surface area contributed by atoms with E-state index in [1.54, 1.807) is 6.26 Å². The monoisotopic (exact) mass is 300 g/mol. The maximum absolute atomic E-state index is 12.5. The summed E-state index contributed by atoms with van der Waals surface area (Å²) in [4.78, 5) is 14.5. The molecule has 2 aromatic rings. The smallest absolute Gasteiger partial charge is 0.227 e. The normalized spacial score (nSPS) is 18.3. The van der Waals surface area contributed by atoms with Crippen molar-refractivity contribution in [3.63, 3.8) is 0 Å². The highest BCUT2D eigenvalue weighted by Crippen LogP contribution is 2.26. The van der Waals surface area contributed by atoms with Crippen LogP contribution >= 0.6 is 0 Å². The van der Waals surface area contributed by atoms with Crippen LogP contribution in [0.2, 0.25) is 0 Å². The Bertz CT molecular complexity index is 690. The summed E-state index contributed by atoms with van der Waals surface area (Å²) in [5.74, 6) is 0.791. The van der Waals surface area contributed by atoms with Crippen LogP contribution in [0.15, 0.2) is 22.8 Å². The summed E-state index contributed by atoms with van der Waals surface area (Å²) in [7, 11) is 1.96. The molecule has 1 N–H and O–H groups in total. The van der Waals surface area contributed by atoms with E-state index in [2.05, 4.69) is 31.3 Å². The number of amides is 1. The number of fused-ring (bicyclic) bond motifs is 1. The standard InChI is InChI=1S/C18H24N2O2/c1-12-6-16-15(11-22-17(16)7-13(12)2)8-18(21)20-5-4-14(10-20)9-19-3/h6-7,11,14,19H,4-5,8-10H2,1-3H3. The number of aryl methyl sites for hydroxylation is 2. The molecule has 0 radical (unpaired) electrons. The lowest BCUT2D eigenvalue weighted by Gasteiger charge is -2.16. The van der Waals surface area contributed by atoms with E-state index < -0.39 is 0 Å². The summed E-state index contributed by atoms with van der Waals surface area (Å²) in [6.45, 7) is 6.90. The first-order valence-electron chi connectivity index (χ1n) is 7.98. The molecule has 1 aromatic carbocycles. The Kier molecular flexibility index (Phi) is 4.21. The van der Waals surface area contributed by atoms with Crippen molar-refractivity contribution in [2.45, 2.75) is 26.7 Å². The van der Waals surface area contributed by atoms with E-state index in [0.29, 0.717) is 12.3 Å². The highest BCUT2D eigenvalue weighted by molar-refractivity contribution is 5.88. The fourth-order valence-electron chi connectivity index (χ4n) is 3.26. The molecule has 3 rings (SSSR count). The third kappa shape index (κ3) is 2.88. The van der Waals surface area contributed by atoms with Gasteiger partial charge in [-0.15, -0.1) is 0 Å². The molecule has 4 nitrogen and oxygen atoms in total. The van der Waals surface area contributed by atoms with Gasteiger partial charge in [0.1, 0.15) is 5.58 Å². The van der Waals surface area contributed by atoms with Crippen molar-refractivity contribution < 1.29 is 9.21 Å². The Morgan fingerprint density at radius 2 is 2.14 bits per heavy atom. The number of likely N-dealkylation sites (tertiary alicyclic amines) is 1. The van der Waals surface area contributed by atoms with Crippen LogP contribution in [0.25, 0.3) is 11.0 Å². The lowest BCUT2D eigenvalue weighted by molar-refractivity contribution is -0.129. The van der Waals surface area contributed by atoms with Crippen molar-refractivity contribution in [2.24, 2.45) is 5.92 Å². The molecule has 0 spiro atoms. The lowest BCUT2D eigenvalue weighted by Crippen LogP contribution is -2.31. The zero-order chi connectivity index (χ0) is 15.7. The molecule has 1 unspecified atom stereocenters. The number of carbonyl (C=O) groups is 1. The molecule has 0 bridgehead atoms. The van der Waals surface area contributed by atoms with Gasteiger partial charge in [0.15, 0.2) is 0 Å². The first-order chi connectivity index (χ1) is 10.6. The summed E-state index contributed by atoms with van der Waals surface area (Å²) in [5.41, 5.74) is 4.33. The van der Waals surface area contributed by atoms with Crippen LogP contribution in [0.4, 0.5) is 0 Å². The van der Waals surface area contributed by atoms with Gasteiger partial charge in [0.25, 0.3) is 0 Å². The SMILES string of the molecule is CNCC1CCN(C(=O)Cc2coc3cc(C)c(C)cc23)C1. The average molecular weight is 300 g/mol. The molecular weight excluding hydrogens is 276 g/mol. The van der Waals surface area contributed by atoms with Crippen molar-refractivity contribution in [1.82, 2.24) is 10.2 Å². The first kappa shape index (κ1) is 15.1. The van der Waals surface area contributed by atoms with Gasteiger partial charge in [-0.3, -0.25) is 4.79 Å². The van der Waals surface area contributed by atoms with E-state index in [1.807, 2.05) is 11.9 Å².